The number of anilines is 1. The van der Waals surface area contributed by atoms with Gasteiger partial charge in [-0.3, -0.25) is 9.48 Å². The van der Waals surface area contributed by atoms with Gasteiger partial charge in [0, 0.05) is 18.7 Å². The quantitative estimate of drug-likeness (QED) is 0.910. The first-order valence-corrected chi connectivity index (χ1v) is 7.20. The van der Waals surface area contributed by atoms with Gasteiger partial charge in [0.2, 0.25) is 0 Å². The van der Waals surface area contributed by atoms with E-state index in [0.29, 0.717) is 18.2 Å². The Labute approximate surface area is 119 Å². The van der Waals surface area contributed by atoms with E-state index in [1.807, 2.05) is 41.9 Å². The number of benzene rings is 1. The summed E-state index contributed by atoms with van der Waals surface area (Å²) in [6, 6.07) is 9.87. The highest BCUT2D eigenvalue weighted by Crippen LogP contribution is 2.24. The molecule has 0 aliphatic carbocycles. The largest absolute Gasteiger partial charge is 0.392 e. The first-order chi connectivity index (χ1) is 9.56. The van der Waals surface area contributed by atoms with Gasteiger partial charge in [0.25, 0.3) is 5.56 Å². The van der Waals surface area contributed by atoms with E-state index in [0.717, 1.165) is 24.2 Å². The molecule has 1 aromatic carbocycles. The van der Waals surface area contributed by atoms with E-state index >= 15 is 0 Å². The first-order valence-electron chi connectivity index (χ1n) is 7.20. The number of rotatable bonds is 5. The fourth-order valence-electron chi connectivity index (χ4n) is 2.44. The van der Waals surface area contributed by atoms with Gasteiger partial charge in [-0.1, -0.05) is 44.2 Å². The molecular formula is C16H23N3O. The van der Waals surface area contributed by atoms with Gasteiger partial charge in [-0.15, -0.1) is 0 Å². The van der Waals surface area contributed by atoms with Crippen molar-refractivity contribution >= 4 is 5.69 Å². The first kappa shape index (κ1) is 14.4. The Morgan fingerprint density at radius 2 is 1.80 bits per heavy atom. The van der Waals surface area contributed by atoms with Crippen LogP contribution in [0.15, 0.2) is 35.1 Å². The van der Waals surface area contributed by atoms with Crippen molar-refractivity contribution in [3.05, 3.63) is 40.7 Å². The van der Waals surface area contributed by atoms with Crippen LogP contribution >= 0.6 is 0 Å². The minimum Gasteiger partial charge on any atom is -0.392 e. The van der Waals surface area contributed by atoms with Gasteiger partial charge < -0.3 is 5.73 Å². The van der Waals surface area contributed by atoms with Crippen LogP contribution in [0.1, 0.15) is 27.2 Å². The highest BCUT2D eigenvalue weighted by Gasteiger charge is 2.17. The molecule has 0 radical (unpaired) electrons. The lowest BCUT2D eigenvalue weighted by atomic mass is 10.1. The van der Waals surface area contributed by atoms with E-state index in [4.69, 9.17) is 5.73 Å². The van der Waals surface area contributed by atoms with Crippen LogP contribution in [0, 0.1) is 5.92 Å². The van der Waals surface area contributed by atoms with E-state index in [1.54, 1.807) is 4.68 Å². The molecule has 4 nitrogen and oxygen atoms in total. The Kier molecular flexibility index (Phi) is 4.32. The van der Waals surface area contributed by atoms with Crippen molar-refractivity contribution in [2.24, 2.45) is 5.92 Å². The molecule has 2 N–H and O–H groups in total. The van der Waals surface area contributed by atoms with Gasteiger partial charge >= 0.3 is 0 Å². The van der Waals surface area contributed by atoms with Crippen molar-refractivity contribution in [1.29, 1.82) is 0 Å². The van der Waals surface area contributed by atoms with Crippen molar-refractivity contribution in [2.45, 2.75) is 40.3 Å². The average molecular weight is 273 g/mol. The molecule has 2 rings (SSSR count). The number of hydrogen-bond acceptors (Lipinski definition) is 2. The van der Waals surface area contributed by atoms with Crippen molar-refractivity contribution in [3.63, 3.8) is 0 Å². The lowest BCUT2D eigenvalue weighted by Crippen LogP contribution is -2.24. The number of nitrogens with two attached hydrogens (primary N) is 1. The SMILES string of the molecule is CCn1c(-c2ccccc2)c(N)c(=O)n1CCC(C)C. The number of nitrogens with zero attached hydrogens (tertiary/aromatic N) is 2. The third kappa shape index (κ3) is 2.64. The summed E-state index contributed by atoms with van der Waals surface area (Å²) in [4.78, 5) is 12.4. The van der Waals surface area contributed by atoms with Crippen LogP contribution in [0.5, 0.6) is 0 Å². The van der Waals surface area contributed by atoms with Crippen LogP contribution in [0.4, 0.5) is 5.69 Å². The summed E-state index contributed by atoms with van der Waals surface area (Å²) in [6.45, 7) is 7.80. The fraction of sp³-hybridized carbons (Fsp3) is 0.438. The summed E-state index contributed by atoms with van der Waals surface area (Å²) in [5.41, 5.74) is 8.16. The molecule has 4 heteroatoms. The Bertz CT molecular complexity index is 623. The van der Waals surface area contributed by atoms with Crippen molar-refractivity contribution in [2.75, 3.05) is 5.73 Å². The number of hydrogen-bond donors (Lipinski definition) is 1. The lowest BCUT2D eigenvalue weighted by Gasteiger charge is -2.14. The molecule has 20 heavy (non-hydrogen) atoms. The molecule has 0 spiro atoms. The molecule has 2 aromatic rings. The normalized spacial score (nSPS) is 11.2. The second-order valence-corrected chi connectivity index (χ2v) is 5.45. The Morgan fingerprint density at radius 3 is 2.35 bits per heavy atom. The molecule has 0 atom stereocenters. The molecule has 0 fully saturated rings. The molecule has 1 aromatic heterocycles. The highest BCUT2D eigenvalue weighted by atomic mass is 16.1. The van der Waals surface area contributed by atoms with E-state index in [1.165, 1.54) is 0 Å². The molecule has 0 unspecified atom stereocenters. The van der Waals surface area contributed by atoms with Gasteiger partial charge in [-0.25, -0.2) is 4.68 Å². The molecular weight excluding hydrogens is 250 g/mol. The van der Waals surface area contributed by atoms with Crippen LogP contribution in [0.25, 0.3) is 11.3 Å². The van der Waals surface area contributed by atoms with Gasteiger partial charge in [0.05, 0.1) is 5.69 Å². The molecule has 0 aliphatic heterocycles. The predicted molar refractivity (Wildman–Crippen MR) is 83.7 cm³/mol. The van der Waals surface area contributed by atoms with Crippen LogP contribution in [-0.2, 0) is 13.1 Å². The summed E-state index contributed by atoms with van der Waals surface area (Å²) in [7, 11) is 0. The summed E-state index contributed by atoms with van der Waals surface area (Å²) in [5, 5.41) is 0. The zero-order chi connectivity index (χ0) is 14.7. The molecule has 0 bridgehead atoms. The lowest BCUT2D eigenvalue weighted by molar-refractivity contribution is 0.413. The minimum atomic E-state index is -0.0775. The molecule has 108 valence electrons. The third-order valence-corrected chi connectivity index (χ3v) is 3.53. The van der Waals surface area contributed by atoms with Gasteiger partial charge in [-0.05, 0) is 19.3 Å². The maximum absolute atomic E-state index is 12.4. The number of nitrogen functional groups attached to an aromatic ring is 1. The maximum atomic E-state index is 12.4. The minimum absolute atomic E-state index is 0.0775. The van der Waals surface area contributed by atoms with Gasteiger partial charge in [0.1, 0.15) is 5.69 Å². The zero-order valence-corrected chi connectivity index (χ0v) is 12.5. The number of aromatic nitrogens is 2. The maximum Gasteiger partial charge on any atom is 0.290 e. The van der Waals surface area contributed by atoms with Gasteiger partial charge in [-0.2, -0.15) is 0 Å². The Hall–Kier alpha value is -1.97. The van der Waals surface area contributed by atoms with Crippen LogP contribution < -0.4 is 11.3 Å². The molecule has 0 aliphatic rings. The van der Waals surface area contributed by atoms with Crippen LogP contribution in [0.3, 0.4) is 0 Å². The Morgan fingerprint density at radius 1 is 1.15 bits per heavy atom. The predicted octanol–water partition coefficient (Wildman–Crippen LogP) is 2.97. The third-order valence-electron chi connectivity index (χ3n) is 3.53. The van der Waals surface area contributed by atoms with E-state index < -0.39 is 0 Å². The zero-order valence-electron chi connectivity index (χ0n) is 12.5. The van der Waals surface area contributed by atoms with Crippen LogP contribution in [0.2, 0.25) is 0 Å². The van der Waals surface area contributed by atoms with Crippen LogP contribution in [-0.4, -0.2) is 9.36 Å². The fourth-order valence-corrected chi connectivity index (χ4v) is 2.44. The van der Waals surface area contributed by atoms with E-state index in [2.05, 4.69) is 13.8 Å². The molecule has 1 heterocycles. The van der Waals surface area contributed by atoms with E-state index in [9.17, 15) is 4.79 Å². The summed E-state index contributed by atoms with van der Waals surface area (Å²) in [6.07, 6.45) is 0.970. The van der Waals surface area contributed by atoms with Crippen molar-refractivity contribution < 1.29 is 0 Å². The topological polar surface area (TPSA) is 52.9 Å². The van der Waals surface area contributed by atoms with E-state index in [-0.39, 0.29) is 5.56 Å². The monoisotopic (exact) mass is 273 g/mol. The van der Waals surface area contributed by atoms with Crippen molar-refractivity contribution in [3.8, 4) is 11.3 Å². The van der Waals surface area contributed by atoms with Gasteiger partial charge in [0.15, 0.2) is 0 Å². The molecule has 0 saturated heterocycles. The molecule has 0 amide bonds. The summed E-state index contributed by atoms with van der Waals surface area (Å²) >= 11 is 0. The molecule has 0 saturated carbocycles. The smallest absolute Gasteiger partial charge is 0.290 e. The summed E-state index contributed by atoms with van der Waals surface area (Å²) < 4.78 is 3.77. The second-order valence-electron chi connectivity index (χ2n) is 5.45. The Balaban J connectivity index is 2.53. The highest BCUT2D eigenvalue weighted by molar-refractivity contribution is 5.72. The van der Waals surface area contributed by atoms with Crippen molar-refractivity contribution in [1.82, 2.24) is 9.36 Å². The second kappa shape index (κ2) is 5.99. The standard InChI is InChI=1S/C16H23N3O/c1-4-18-15(13-8-6-5-7-9-13)14(17)16(20)19(18)11-10-12(2)3/h5-9,12H,4,10-11,17H2,1-3H3. The summed E-state index contributed by atoms with van der Waals surface area (Å²) in [5.74, 6) is 0.559. The average Bonchev–Trinajstić information content (AvgIpc) is 2.69.